The molecule has 0 radical (unpaired) electrons. The van der Waals surface area contributed by atoms with Gasteiger partial charge in [0, 0.05) is 6.08 Å². The van der Waals surface area contributed by atoms with Crippen LogP contribution in [0, 0.1) is 5.92 Å². The van der Waals surface area contributed by atoms with Gasteiger partial charge in [0.2, 0.25) is 5.89 Å². The molecular formula is C16H17N5O3. The normalized spacial score (nSPS) is 13.0. The number of benzene rings is 1. The zero-order valence-electron chi connectivity index (χ0n) is 13.2. The molecule has 0 saturated carbocycles. The van der Waals surface area contributed by atoms with E-state index >= 15 is 0 Å². The number of nitrogens with zero attached hydrogens (tertiary/aromatic N) is 4. The lowest BCUT2D eigenvalue weighted by Gasteiger charge is -2.16. The second-order valence-electron chi connectivity index (χ2n) is 5.64. The maximum atomic E-state index is 11.0. The van der Waals surface area contributed by atoms with Gasteiger partial charge in [-0.15, -0.1) is 5.10 Å². The fourth-order valence-electron chi connectivity index (χ4n) is 2.42. The van der Waals surface area contributed by atoms with Crippen molar-refractivity contribution in [1.29, 1.82) is 0 Å². The van der Waals surface area contributed by atoms with Crippen LogP contribution in [-0.4, -0.2) is 31.1 Å². The van der Waals surface area contributed by atoms with Gasteiger partial charge in [0.25, 0.3) is 5.91 Å². The maximum Gasteiger partial charge on any atom is 0.267 e. The zero-order chi connectivity index (χ0) is 17.1. The number of fused-ring (bicyclic) bond motifs is 1. The predicted octanol–water partition coefficient (Wildman–Crippen LogP) is 2.18. The van der Waals surface area contributed by atoms with Crippen molar-refractivity contribution in [3.63, 3.8) is 0 Å². The van der Waals surface area contributed by atoms with Gasteiger partial charge >= 0.3 is 0 Å². The molecule has 24 heavy (non-hydrogen) atoms. The van der Waals surface area contributed by atoms with E-state index in [1.165, 1.54) is 11.6 Å². The topological polar surface area (TPSA) is 106 Å². The van der Waals surface area contributed by atoms with Crippen LogP contribution in [0.2, 0.25) is 0 Å². The number of hydroxylamine groups is 1. The number of oxazole rings is 1. The molecule has 0 aliphatic rings. The number of para-hydroxylation sites is 2. The first-order valence-corrected chi connectivity index (χ1v) is 7.48. The molecule has 0 saturated heterocycles. The molecule has 3 rings (SSSR count). The molecule has 3 aromatic rings. The van der Waals surface area contributed by atoms with Gasteiger partial charge in [-0.1, -0.05) is 31.2 Å². The molecule has 124 valence electrons. The van der Waals surface area contributed by atoms with Crippen LogP contribution in [0.15, 0.2) is 41.0 Å². The predicted molar refractivity (Wildman–Crippen MR) is 86.0 cm³/mol. The molecule has 8 nitrogen and oxygen atoms in total. The van der Waals surface area contributed by atoms with Crippen LogP contribution in [0.25, 0.3) is 17.2 Å². The van der Waals surface area contributed by atoms with Crippen molar-refractivity contribution in [2.45, 2.75) is 19.9 Å². The SMILES string of the molecule is CC(C)[C@H](c1nc2ccccc2o1)n1cc(/C=C/C(=O)NO)nn1. The van der Waals surface area contributed by atoms with Crippen molar-refractivity contribution in [3.05, 3.63) is 48.1 Å². The van der Waals surface area contributed by atoms with Crippen molar-refractivity contribution < 1.29 is 14.4 Å². The van der Waals surface area contributed by atoms with E-state index in [0.29, 0.717) is 11.6 Å². The third kappa shape index (κ3) is 3.18. The summed E-state index contributed by atoms with van der Waals surface area (Å²) in [5.74, 6) is 0.0842. The van der Waals surface area contributed by atoms with Crippen molar-refractivity contribution in [2.75, 3.05) is 0 Å². The molecule has 0 aliphatic carbocycles. The number of rotatable bonds is 5. The van der Waals surface area contributed by atoms with Gasteiger partial charge in [0.15, 0.2) is 5.58 Å². The first-order chi connectivity index (χ1) is 11.6. The number of hydrogen-bond donors (Lipinski definition) is 2. The highest BCUT2D eigenvalue weighted by atomic mass is 16.5. The molecule has 2 aromatic heterocycles. The third-order valence-electron chi connectivity index (χ3n) is 3.52. The van der Waals surface area contributed by atoms with Crippen LogP contribution in [-0.2, 0) is 4.79 Å². The van der Waals surface area contributed by atoms with E-state index in [1.54, 1.807) is 10.9 Å². The minimum Gasteiger partial charge on any atom is -0.438 e. The molecule has 0 spiro atoms. The summed E-state index contributed by atoms with van der Waals surface area (Å²) in [6.45, 7) is 4.08. The molecule has 0 bridgehead atoms. The lowest BCUT2D eigenvalue weighted by molar-refractivity contribution is -0.124. The average Bonchev–Trinajstić information content (AvgIpc) is 3.19. The Morgan fingerprint density at radius 1 is 1.38 bits per heavy atom. The Hall–Kier alpha value is -3.00. The lowest BCUT2D eigenvalue weighted by atomic mass is 10.0. The summed E-state index contributed by atoms with van der Waals surface area (Å²) in [7, 11) is 0. The number of hydrogen-bond acceptors (Lipinski definition) is 6. The summed E-state index contributed by atoms with van der Waals surface area (Å²) in [4.78, 5) is 15.6. The number of carbonyl (C=O) groups excluding carboxylic acids is 1. The molecule has 8 heteroatoms. The van der Waals surface area contributed by atoms with Crippen LogP contribution in [0.1, 0.15) is 31.5 Å². The van der Waals surface area contributed by atoms with E-state index in [4.69, 9.17) is 9.62 Å². The van der Waals surface area contributed by atoms with Crippen LogP contribution in [0.4, 0.5) is 0 Å². The van der Waals surface area contributed by atoms with Gasteiger partial charge in [-0.25, -0.2) is 15.1 Å². The van der Waals surface area contributed by atoms with Crippen LogP contribution in [0.3, 0.4) is 0 Å². The average molecular weight is 327 g/mol. The Labute approximate surface area is 137 Å². The van der Waals surface area contributed by atoms with E-state index in [2.05, 4.69) is 15.3 Å². The van der Waals surface area contributed by atoms with E-state index in [1.807, 2.05) is 38.1 Å². The smallest absolute Gasteiger partial charge is 0.267 e. The second kappa shape index (κ2) is 6.63. The van der Waals surface area contributed by atoms with E-state index in [-0.39, 0.29) is 12.0 Å². The zero-order valence-corrected chi connectivity index (χ0v) is 13.2. The van der Waals surface area contributed by atoms with Crippen LogP contribution < -0.4 is 5.48 Å². The number of amides is 1. The third-order valence-corrected chi connectivity index (χ3v) is 3.52. The summed E-state index contributed by atoms with van der Waals surface area (Å²) in [6, 6.07) is 7.34. The fraction of sp³-hybridized carbons (Fsp3) is 0.250. The maximum absolute atomic E-state index is 11.0. The monoisotopic (exact) mass is 327 g/mol. The summed E-state index contributed by atoms with van der Waals surface area (Å²) in [5.41, 5.74) is 3.51. The number of carbonyl (C=O) groups is 1. The van der Waals surface area contributed by atoms with E-state index in [9.17, 15) is 4.79 Å². The Bertz CT molecular complexity index is 848. The fourth-order valence-corrected chi connectivity index (χ4v) is 2.42. The van der Waals surface area contributed by atoms with Gasteiger partial charge in [0.1, 0.15) is 17.3 Å². The summed E-state index contributed by atoms with van der Waals surface area (Å²) in [6.07, 6.45) is 4.32. The Kier molecular flexibility index (Phi) is 4.39. The molecule has 1 aromatic carbocycles. The van der Waals surface area contributed by atoms with Crippen molar-refractivity contribution in [3.8, 4) is 0 Å². The van der Waals surface area contributed by atoms with Crippen molar-refractivity contribution in [1.82, 2.24) is 25.5 Å². The van der Waals surface area contributed by atoms with Gasteiger partial charge in [0.05, 0.1) is 6.20 Å². The van der Waals surface area contributed by atoms with Gasteiger partial charge in [-0.2, -0.15) is 0 Å². The highest BCUT2D eigenvalue weighted by Gasteiger charge is 2.25. The minimum absolute atomic E-state index is 0.164. The van der Waals surface area contributed by atoms with Gasteiger partial charge in [-0.3, -0.25) is 10.0 Å². The molecule has 0 unspecified atom stereocenters. The highest BCUT2D eigenvalue weighted by molar-refractivity contribution is 5.90. The summed E-state index contributed by atoms with van der Waals surface area (Å²) < 4.78 is 7.51. The molecule has 1 amide bonds. The van der Waals surface area contributed by atoms with Crippen molar-refractivity contribution >= 4 is 23.1 Å². The van der Waals surface area contributed by atoms with E-state index < -0.39 is 5.91 Å². The minimum atomic E-state index is -0.635. The first kappa shape index (κ1) is 15.9. The Morgan fingerprint density at radius 2 is 2.17 bits per heavy atom. The second-order valence-corrected chi connectivity index (χ2v) is 5.64. The number of nitrogens with one attached hydrogen (secondary N) is 1. The number of aromatic nitrogens is 4. The van der Waals surface area contributed by atoms with Crippen LogP contribution >= 0.6 is 0 Å². The molecular weight excluding hydrogens is 310 g/mol. The molecule has 0 aliphatic heterocycles. The standard InChI is InChI=1S/C16H17N5O3/c1-10(2)15(16-17-12-5-3-4-6-13(12)24-16)21-9-11(18-20-21)7-8-14(22)19-23/h3-10,15,23H,1-2H3,(H,19,22)/b8-7+/t15-/m1/s1. The largest absolute Gasteiger partial charge is 0.438 e. The molecule has 1 atom stereocenters. The Morgan fingerprint density at radius 3 is 2.88 bits per heavy atom. The molecule has 0 fully saturated rings. The summed E-state index contributed by atoms with van der Waals surface area (Å²) in [5, 5.41) is 16.6. The molecule has 2 N–H and O–H groups in total. The van der Waals surface area contributed by atoms with Crippen LogP contribution in [0.5, 0.6) is 0 Å². The summed E-state index contributed by atoms with van der Waals surface area (Å²) >= 11 is 0. The quantitative estimate of drug-likeness (QED) is 0.423. The van der Waals surface area contributed by atoms with Gasteiger partial charge < -0.3 is 4.42 Å². The van der Waals surface area contributed by atoms with Gasteiger partial charge in [-0.05, 0) is 24.1 Å². The first-order valence-electron chi connectivity index (χ1n) is 7.48. The lowest BCUT2D eigenvalue weighted by Crippen LogP contribution is -2.17. The Balaban J connectivity index is 1.93. The molecule has 2 heterocycles. The highest BCUT2D eigenvalue weighted by Crippen LogP contribution is 2.28. The van der Waals surface area contributed by atoms with E-state index in [0.717, 1.165) is 17.2 Å². The van der Waals surface area contributed by atoms with Crippen molar-refractivity contribution in [2.24, 2.45) is 5.92 Å².